The molecule has 0 atom stereocenters. The molecule has 3 aromatic rings. The second kappa shape index (κ2) is 11.7. The second-order valence-electron chi connectivity index (χ2n) is 8.25. The van der Waals surface area contributed by atoms with Crippen LogP contribution < -0.4 is 16.7 Å². The molecule has 15 heteroatoms. The van der Waals surface area contributed by atoms with Crippen LogP contribution in [-0.4, -0.2) is 44.1 Å². The Hall–Kier alpha value is -3.85. The first-order chi connectivity index (χ1) is 17.8. The number of carboxylic acid groups (broad SMARTS) is 1. The van der Waals surface area contributed by atoms with Gasteiger partial charge in [-0.15, -0.1) is 11.3 Å². The van der Waals surface area contributed by atoms with Crippen molar-refractivity contribution in [2.45, 2.75) is 39.0 Å². The average Bonchev–Trinajstić information content (AvgIpc) is 3.44. The highest BCUT2D eigenvalue weighted by atomic mass is 32.1. The summed E-state index contributed by atoms with van der Waals surface area (Å²) in [6.07, 6.45) is -4.44. The number of aliphatic carboxylic acids is 1. The predicted molar refractivity (Wildman–Crippen MR) is 129 cm³/mol. The van der Waals surface area contributed by atoms with Gasteiger partial charge in [-0.25, -0.2) is 14.3 Å². The molecular formula is C23H22F5N5O4S. The summed E-state index contributed by atoms with van der Waals surface area (Å²) in [5.41, 5.74) is 9.62. The highest BCUT2D eigenvalue weighted by molar-refractivity contribution is 7.10. The number of amides is 1. The van der Waals surface area contributed by atoms with Crippen LogP contribution in [0.3, 0.4) is 0 Å². The number of fused-ring (bicyclic) bond motifs is 1. The molecule has 0 unspecified atom stereocenters. The van der Waals surface area contributed by atoms with E-state index in [9.17, 15) is 31.5 Å². The zero-order valence-electron chi connectivity index (χ0n) is 19.8. The fourth-order valence-corrected chi connectivity index (χ4v) is 4.50. The summed E-state index contributed by atoms with van der Waals surface area (Å²) in [5.74, 6) is -2.72. The summed E-state index contributed by atoms with van der Waals surface area (Å²) in [7, 11) is 0. The maximum atomic E-state index is 12.8. The molecule has 3 heterocycles. The molecule has 9 nitrogen and oxygen atoms in total. The van der Waals surface area contributed by atoms with Gasteiger partial charge >= 0.3 is 17.8 Å². The van der Waals surface area contributed by atoms with Crippen LogP contribution in [0.4, 0.5) is 27.6 Å². The van der Waals surface area contributed by atoms with Gasteiger partial charge in [0.25, 0.3) is 6.08 Å². The summed E-state index contributed by atoms with van der Waals surface area (Å²) < 4.78 is 59.7. The van der Waals surface area contributed by atoms with Gasteiger partial charge in [0.05, 0.1) is 13.1 Å². The summed E-state index contributed by atoms with van der Waals surface area (Å²) in [6.45, 7) is 1.60. The van der Waals surface area contributed by atoms with Crippen LogP contribution in [0.5, 0.6) is 0 Å². The van der Waals surface area contributed by atoms with Crippen molar-refractivity contribution in [1.29, 1.82) is 0 Å². The third kappa shape index (κ3) is 6.92. The SMILES string of the molecule is Cc1cc(-c2csc(Cn3cnn(CC(CN)=C(F)F)c3=O)c2)cc2c1NC(=O)CC2.O=C(O)C(F)(F)F. The smallest absolute Gasteiger partial charge is 0.475 e. The third-order valence-electron chi connectivity index (χ3n) is 5.51. The normalized spacial score (nSPS) is 12.8. The van der Waals surface area contributed by atoms with E-state index in [0.717, 1.165) is 37.5 Å². The minimum atomic E-state index is -5.08. The number of anilines is 1. The van der Waals surface area contributed by atoms with Crippen molar-refractivity contribution in [2.75, 3.05) is 11.9 Å². The average molecular weight is 560 g/mol. The molecule has 38 heavy (non-hydrogen) atoms. The number of thiophene rings is 1. The molecule has 204 valence electrons. The summed E-state index contributed by atoms with van der Waals surface area (Å²) in [5, 5.41) is 16.0. The number of alkyl halides is 3. The zero-order valence-corrected chi connectivity index (χ0v) is 20.6. The van der Waals surface area contributed by atoms with Gasteiger partial charge in [0.2, 0.25) is 5.91 Å². The summed E-state index contributed by atoms with van der Waals surface area (Å²) in [6, 6.07) is 6.13. The Morgan fingerprint density at radius 3 is 2.47 bits per heavy atom. The Kier molecular flexibility index (Phi) is 8.83. The van der Waals surface area contributed by atoms with Crippen LogP contribution in [0.15, 0.2) is 46.4 Å². The van der Waals surface area contributed by atoms with Crippen LogP contribution in [0.2, 0.25) is 0 Å². The maximum Gasteiger partial charge on any atom is 0.490 e. The number of nitrogens with one attached hydrogen (secondary N) is 1. The number of halogens is 5. The Labute approximate surface area is 216 Å². The first-order valence-corrected chi connectivity index (χ1v) is 11.8. The lowest BCUT2D eigenvalue weighted by Gasteiger charge is -2.20. The number of carboxylic acids is 1. The van der Waals surface area contributed by atoms with Gasteiger partial charge in [0.1, 0.15) is 6.33 Å². The molecule has 0 saturated carbocycles. The van der Waals surface area contributed by atoms with Crippen molar-refractivity contribution < 1.29 is 36.6 Å². The highest BCUT2D eigenvalue weighted by Gasteiger charge is 2.38. The number of carbonyl (C=O) groups is 2. The summed E-state index contributed by atoms with van der Waals surface area (Å²) in [4.78, 5) is 34.0. The van der Waals surface area contributed by atoms with E-state index in [1.807, 2.05) is 24.4 Å². The molecule has 0 saturated heterocycles. The largest absolute Gasteiger partial charge is 0.490 e. The van der Waals surface area contributed by atoms with Crippen LogP contribution >= 0.6 is 11.3 Å². The molecule has 0 radical (unpaired) electrons. The first-order valence-electron chi connectivity index (χ1n) is 11.0. The minimum Gasteiger partial charge on any atom is -0.475 e. The van der Waals surface area contributed by atoms with Gasteiger partial charge in [-0.3, -0.25) is 9.36 Å². The molecule has 2 aromatic heterocycles. The molecule has 1 amide bonds. The van der Waals surface area contributed by atoms with Crippen molar-refractivity contribution in [3.63, 3.8) is 0 Å². The highest BCUT2D eigenvalue weighted by Crippen LogP contribution is 2.34. The van der Waals surface area contributed by atoms with E-state index >= 15 is 0 Å². The number of rotatable bonds is 6. The molecular weight excluding hydrogens is 537 g/mol. The van der Waals surface area contributed by atoms with Crippen LogP contribution in [0, 0.1) is 6.92 Å². The Morgan fingerprint density at radius 1 is 1.18 bits per heavy atom. The van der Waals surface area contributed by atoms with E-state index in [-0.39, 0.29) is 24.6 Å². The van der Waals surface area contributed by atoms with E-state index in [1.54, 1.807) is 0 Å². The number of aryl methyl sites for hydroxylation is 2. The monoisotopic (exact) mass is 559 g/mol. The number of aromatic nitrogens is 3. The minimum absolute atomic E-state index is 0.0375. The van der Waals surface area contributed by atoms with Gasteiger partial charge in [-0.05, 0) is 59.2 Å². The molecule has 1 aliphatic rings. The first kappa shape index (κ1) is 28.7. The van der Waals surface area contributed by atoms with E-state index in [2.05, 4.69) is 16.5 Å². The van der Waals surface area contributed by atoms with Crippen molar-refractivity contribution in [3.05, 3.63) is 68.0 Å². The van der Waals surface area contributed by atoms with Gasteiger partial charge in [-0.2, -0.15) is 27.1 Å². The second-order valence-corrected chi connectivity index (χ2v) is 9.24. The fourth-order valence-electron chi connectivity index (χ4n) is 3.61. The Morgan fingerprint density at radius 2 is 1.87 bits per heavy atom. The van der Waals surface area contributed by atoms with Crippen molar-refractivity contribution in [1.82, 2.24) is 14.3 Å². The lowest BCUT2D eigenvalue weighted by Crippen LogP contribution is -2.27. The summed E-state index contributed by atoms with van der Waals surface area (Å²) >= 11 is 1.51. The number of benzene rings is 1. The number of nitrogens with zero attached hydrogens (tertiary/aromatic N) is 3. The van der Waals surface area contributed by atoms with Gasteiger partial charge in [0.15, 0.2) is 0 Å². The number of hydrogen-bond donors (Lipinski definition) is 3. The van der Waals surface area contributed by atoms with Gasteiger partial charge < -0.3 is 16.2 Å². The lowest BCUT2D eigenvalue weighted by atomic mass is 9.94. The van der Waals surface area contributed by atoms with Crippen molar-refractivity contribution in [3.8, 4) is 11.1 Å². The molecule has 0 bridgehead atoms. The van der Waals surface area contributed by atoms with Crippen molar-refractivity contribution >= 4 is 28.9 Å². The van der Waals surface area contributed by atoms with Crippen LogP contribution in [-0.2, 0) is 29.1 Å². The van der Waals surface area contributed by atoms with Crippen LogP contribution in [0.1, 0.15) is 22.4 Å². The zero-order chi connectivity index (χ0) is 28.2. The number of carbonyl (C=O) groups excluding carboxylic acids is 1. The molecule has 0 spiro atoms. The van der Waals surface area contributed by atoms with E-state index in [0.29, 0.717) is 19.4 Å². The molecule has 4 N–H and O–H groups in total. The van der Waals surface area contributed by atoms with Crippen LogP contribution in [0.25, 0.3) is 11.1 Å². The lowest BCUT2D eigenvalue weighted by molar-refractivity contribution is -0.192. The standard InChI is InChI=1S/C21H21F2N5O2S.C2HF3O2/c1-12-4-14(5-13-2-3-18(29)26-19(12)13)15-6-17(31-10-15)9-27-11-25-28(21(27)30)8-16(7-24)20(22)23;3-2(4,5)1(6)7/h4-6,10-11H,2-3,7-9,24H2,1H3,(H,26,29);(H,6,7). The fraction of sp³-hybridized carbons (Fsp3) is 0.304. The molecule has 0 fully saturated rings. The topological polar surface area (TPSA) is 132 Å². The van der Waals surface area contributed by atoms with Gasteiger partial charge in [0, 0.05) is 29.1 Å². The van der Waals surface area contributed by atoms with Crippen molar-refractivity contribution in [2.24, 2.45) is 5.73 Å². The Balaban J connectivity index is 0.000000505. The molecule has 4 rings (SSSR count). The predicted octanol–water partition coefficient (Wildman–Crippen LogP) is 3.76. The molecule has 0 aliphatic carbocycles. The van der Waals surface area contributed by atoms with E-state index in [1.165, 1.54) is 22.2 Å². The number of hydrogen-bond acceptors (Lipinski definition) is 6. The van der Waals surface area contributed by atoms with E-state index < -0.39 is 23.9 Å². The quantitative estimate of drug-likeness (QED) is 0.394. The molecule has 1 aromatic carbocycles. The Bertz CT molecular complexity index is 1440. The molecule has 1 aliphatic heterocycles. The van der Waals surface area contributed by atoms with Gasteiger partial charge in [-0.1, -0.05) is 0 Å². The maximum absolute atomic E-state index is 12.8. The van der Waals surface area contributed by atoms with E-state index in [4.69, 9.17) is 15.6 Å². The third-order valence-corrected chi connectivity index (χ3v) is 6.43. The number of nitrogens with two attached hydrogens (primary N) is 1.